The predicted molar refractivity (Wildman–Crippen MR) is 75.8 cm³/mol. The lowest BCUT2D eigenvalue weighted by Crippen LogP contribution is -2.53. The zero-order valence-corrected chi connectivity index (χ0v) is 12.1. The zero-order chi connectivity index (χ0) is 15.3. The third-order valence-corrected chi connectivity index (χ3v) is 3.97. The van der Waals surface area contributed by atoms with Crippen molar-refractivity contribution in [3.63, 3.8) is 0 Å². The number of carbonyl (C=O) groups excluding carboxylic acids is 1. The van der Waals surface area contributed by atoms with Crippen molar-refractivity contribution in [3.05, 3.63) is 18.0 Å². The van der Waals surface area contributed by atoms with Crippen molar-refractivity contribution in [1.29, 1.82) is 0 Å². The lowest BCUT2D eigenvalue weighted by atomic mass is 9.78. The highest BCUT2D eigenvalue weighted by Crippen LogP contribution is 2.31. The van der Waals surface area contributed by atoms with Gasteiger partial charge in [0.1, 0.15) is 5.41 Å². The third-order valence-electron chi connectivity index (χ3n) is 3.97. The van der Waals surface area contributed by atoms with Gasteiger partial charge in [-0.3, -0.25) is 9.48 Å². The van der Waals surface area contributed by atoms with Crippen LogP contribution in [0.2, 0.25) is 0 Å². The highest BCUT2D eigenvalue weighted by Gasteiger charge is 2.44. The first-order chi connectivity index (χ1) is 10.1. The quantitative estimate of drug-likeness (QED) is 0.296. The van der Waals surface area contributed by atoms with E-state index >= 15 is 0 Å². The number of hydrogen-bond acceptors (Lipinski definition) is 5. The number of aryl methyl sites for hydroxylation is 1. The number of nitrogens with one attached hydrogen (secondary N) is 1. The van der Waals surface area contributed by atoms with Crippen LogP contribution in [0.1, 0.15) is 18.5 Å². The van der Waals surface area contributed by atoms with Gasteiger partial charge in [0.15, 0.2) is 5.84 Å². The van der Waals surface area contributed by atoms with Crippen LogP contribution in [0.15, 0.2) is 17.4 Å². The first kappa shape index (κ1) is 15.3. The Kier molecular flexibility index (Phi) is 4.79. The second kappa shape index (κ2) is 6.57. The maximum absolute atomic E-state index is 12.5. The van der Waals surface area contributed by atoms with E-state index < -0.39 is 5.41 Å². The van der Waals surface area contributed by atoms with Crippen LogP contribution in [0.25, 0.3) is 0 Å². The van der Waals surface area contributed by atoms with Crippen molar-refractivity contribution >= 4 is 11.7 Å². The first-order valence-electron chi connectivity index (χ1n) is 6.91. The summed E-state index contributed by atoms with van der Waals surface area (Å²) in [6.45, 7) is 1.32. The fourth-order valence-corrected chi connectivity index (χ4v) is 2.53. The summed E-state index contributed by atoms with van der Waals surface area (Å²) in [5, 5.41) is 18.9. The standard InChI is InChI=1S/C13H21N5O3/c1-18-10(3-7-16-18)2-6-15-12(19)13(11(14)17-20)4-8-21-9-5-13/h3,7,20H,2,4-6,8-9H2,1H3,(H2,14,17)(H,15,19). The Hall–Kier alpha value is -2.09. The first-order valence-corrected chi connectivity index (χ1v) is 6.91. The molecule has 0 aliphatic carbocycles. The number of rotatable bonds is 5. The molecule has 1 aromatic rings. The molecule has 1 aliphatic rings. The van der Waals surface area contributed by atoms with Gasteiger partial charge in [-0.2, -0.15) is 5.10 Å². The van der Waals surface area contributed by atoms with Crippen LogP contribution in [0, 0.1) is 5.41 Å². The minimum atomic E-state index is -0.973. The Balaban J connectivity index is 1.97. The zero-order valence-electron chi connectivity index (χ0n) is 12.1. The van der Waals surface area contributed by atoms with Crippen LogP contribution >= 0.6 is 0 Å². The smallest absolute Gasteiger partial charge is 0.234 e. The maximum atomic E-state index is 12.5. The fraction of sp³-hybridized carbons (Fsp3) is 0.615. The number of ether oxygens (including phenoxy) is 1. The number of aromatic nitrogens is 2. The van der Waals surface area contributed by atoms with Crippen molar-refractivity contribution in [2.24, 2.45) is 23.4 Å². The molecule has 0 atom stereocenters. The Labute approximate surface area is 122 Å². The van der Waals surface area contributed by atoms with E-state index in [4.69, 9.17) is 15.7 Å². The van der Waals surface area contributed by atoms with Crippen LogP contribution in [0.3, 0.4) is 0 Å². The summed E-state index contributed by atoms with van der Waals surface area (Å²) in [5.74, 6) is -0.271. The van der Waals surface area contributed by atoms with E-state index in [0.29, 0.717) is 39.0 Å². The average molecular weight is 295 g/mol. The molecular formula is C13H21N5O3. The third kappa shape index (κ3) is 3.15. The lowest BCUT2D eigenvalue weighted by molar-refractivity contribution is -0.131. The molecule has 1 saturated heterocycles. The summed E-state index contributed by atoms with van der Waals surface area (Å²) in [4.78, 5) is 12.5. The normalized spacial score (nSPS) is 18.4. The van der Waals surface area contributed by atoms with Gasteiger partial charge in [-0.1, -0.05) is 5.16 Å². The van der Waals surface area contributed by atoms with Gasteiger partial charge in [0.2, 0.25) is 5.91 Å². The van der Waals surface area contributed by atoms with Crippen molar-refractivity contribution in [1.82, 2.24) is 15.1 Å². The molecule has 0 radical (unpaired) electrons. The second-order valence-electron chi connectivity index (χ2n) is 5.13. The molecule has 2 rings (SSSR count). The predicted octanol–water partition coefficient (Wildman–Crippen LogP) is -0.378. The molecule has 8 heteroatoms. The van der Waals surface area contributed by atoms with Crippen LogP contribution < -0.4 is 11.1 Å². The molecule has 1 fully saturated rings. The molecule has 0 unspecified atom stereocenters. The second-order valence-corrected chi connectivity index (χ2v) is 5.13. The van der Waals surface area contributed by atoms with Crippen LogP contribution in [-0.2, 0) is 23.0 Å². The number of amidine groups is 1. The molecule has 8 nitrogen and oxygen atoms in total. The summed E-state index contributed by atoms with van der Waals surface area (Å²) in [7, 11) is 1.85. The molecule has 1 amide bonds. The summed E-state index contributed by atoms with van der Waals surface area (Å²) >= 11 is 0. The van der Waals surface area contributed by atoms with E-state index in [1.807, 2.05) is 13.1 Å². The van der Waals surface area contributed by atoms with Crippen molar-refractivity contribution in [2.75, 3.05) is 19.8 Å². The number of nitrogens with two attached hydrogens (primary N) is 1. The van der Waals surface area contributed by atoms with Crippen molar-refractivity contribution < 1.29 is 14.7 Å². The summed E-state index contributed by atoms with van der Waals surface area (Å²) in [6.07, 6.45) is 3.22. The Morgan fingerprint density at radius 3 is 2.90 bits per heavy atom. The molecule has 2 heterocycles. The van der Waals surface area contributed by atoms with Gasteiger partial charge in [-0.25, -0.2) is 0 Å². The van der Waals surface area contributed by atoms with E-state index in [2.05, 4.69) is 15.6 Å². The highest BCUT2D eigenvalue weighted by molar-refractivity contribution is 6.06. The van der Waals surface area contributed by atoms with Gasteiger partial charge in [0.25, 0.3) is 0 Å². The number of carbonyl (C=O) groups is 1. The van der Waals surface area contributed by atoms with Gasteiger partial charge < -0.3 is 21.0 Å². The van der Waals surface area contributed by atoms with Gasteiger partial charge in [-0.05, 0) is 18.9 Å². The van der Waals surface area contributed by atoms with Crippen LogP contribution in [0.4, 0.5) is 0 Å². The molecule has 4 N–H and O–H groups in total. The molecule has 1 aliphatic heterocycles. The molecule has 0 saturated carbocycles. The number of oxime groups is 1. The lowest BCUT2D eigenvalue weighted by Gasteiger charge is -2.34. The average Bonchev–Trinajstić information content (AvgIpc) is 2.92. The monoisotopic (exact) mass is 295 g/mol. The summed E-state index contributed by atoms with van der Waals surface area (Å²) in [5.41, 5.74) is 5.80. The molecular weight excluding hydrogens is 274 g/mol. The summed E-state index contributed by atoms with van der Waals surface area (Å²) in [6, 6.07) is 1.90. The van der Waals surface area contributed by atoms with E-state index in [-0.39, 0.29) is 11.7 Å². The molecule has 116 valence electrons. The maximum Gasteiger partial charge on any atom is 0.234 e. The van der Waals surface area contributed by atoms with Gasteiger partial charge in [0, 0.05) is 45.1 Å². The van der Waals surface area contributed by atoms with Crippen molar-refractivity contribution in [3.8, 4) is 0 Å². The molecule has 0 spiro atoms. The van der Waals surface area contributed by atoms with E-state index in [0.717, 1.165) is 5.69 Å². The van der Waals surface area contributed by atoms with Crippen molar-refractivity contribution in [2.45, 2.75) is 19.3 Å². The Morgan fingerprint density at radius 1 is 1.62 bits per heavy atom. The van der Waals surface area contributed by atoms with Gasteiger partial charge >= 0.3 is 0 Å². The van der Waals surface area contributed by atoms with Crippen LogP contribution in [0.5, 0.6) is 0 Å². The van der Waals surface area contributed by atoms with Gasteiger partial charge in [-0.15, -0.1) is 0 Å². The van der Waals surface area contributed by atoms with E-state index in [9.17, 15) is 4.79 Å². The minimum Gasteiger partial charge on any atom is -0.409 e. The molecule has 0 aromatic carbocycles. The Bertz CT molecular complexity index is 520. The SMILES string of the molecule is Cn1nccc1CCNC(=O)C1(/C(N)=N/O)CCOCC1. The molecule has 0 bridgehead atoms. The minimum absolute atomic E-state index is 0.0520. The largest absolute Gasteiger partial charge is 0.409 e. The fourth-order valence-electron chi connectivity index (χ4n) is 2.53. The number of hydrogen-bond donors (Lipinski definition) is 3. The number of amides is 1. The molecule has 21 heavy (non-hydrogen) atoms. The summed E-state index contributed by atoms with van der Waals surface area (Å²) < 4.78 is 7.03. The van der Waals surface area contributed by atoms with E-state index in [1.165, 1.54) is 0 Å². The van der Waals surface area contributed by atoms with Gasteiger partial charge in [0.05, 0.1) is 0 Å². The highest BCUT2D eigenvalue weighted by atomic mass is 16.5. The topological polar surface area (TPSA) is 115 Å². The van der Waals surface area contributed by atoms with E-state index in [1.54, 1.807) is 10.9 Å². The molecule has 1 aromatic heterocycles. The van der Waals surface area contributed by atoms with Crippen LogP contribution in [-0.4, -0.2) is 46.5 Å². The Morgan fingerprint density at radius 2 is 2.33 bits per heavy atom. The number of nitrogens with zero attached hydrogens (tertiary/aromatic N) is 3.